The Labute approximate surface area is 155 Å². The first-order valence-corrected chi connectivity index (χ1v) is 9.95. The van der Waals surface area contributed by atoms with E-state index in [1.165, 1.54) is 18.4 Å². The van der Waals surface area contributed by atoms with Gasteiger partial charge in [0.1, 0.15) is 5.69 Å². The van der Waals surface area contributed by atoms with Crippen molar-refractivity contribution in [2.45, 2.75) is 50.6 Å². The lowest BCUT2D eigenvalue weighted by atomic mass is 10.0. The second kappa shape index (κ2) is 8.04. The minimum absolute atomic E-state index is 0.0725. The predicted octanol–water partition coefficient (Wildman–Crippen LogP) is 3.57. The zero-order chi connectivity index (χ0) is 17.8. The molecule has 1 aromatic heterocycles. The summed E-state index contributed by atoms with van der Waals surface area (Å²) < 4.78 is 1.98. The number of amides is 1. The van der Waals surface area contributed by atoms with Crippen LogP contribution in [-0.2, 0) is 0 Å². The molecule has 0 radical (unpaired) electrons. The topological polar surface area (TPSA) is 50.2 Å². The summed E-state index contributed by atoms with van der Waals surface area (Å²) in [4.78, 5) is 15.3. The molecule has 2 atom stereocenters. The van der Waals surface area contributed by atoms with Gasteiger partial charge in [-0.3, -0.25) is 9.48 Å². The van der Waals surface area contributed by atoms with Gasteiger partial charge >= 0.3 is 0 Å². The number of hydrogen-bond acceptors (Lipinski definition) is 3. The maximum atomic E-state index is 13.3. The third-order valence-corrected chi connectivity index (χ3v) is 5.67. The summed E-state index contributed by atoms with van der Waals surface area (Å²) in [5.41, 5.74) is 1.82. The summed E-state index contributed by atoms with van der Waals surface area (Å²) in [6.45, 7) is 2.83. The summed E-state index contributed by atoms with van der Waals surface area (Å²) in [6, 6.07) is 12.9. The predicted molar refractivity (Wildman–Crippen MR) is 102 cm³/mol. The third kappa shape index (κ3) is 3.68. The SMILES string of the molecule is O=C(c1ccn(C2CCCNC2)n1)N1CCCCCC1c1ccccc1. The first-order valence-electron chi connectivity index (χ1n) is 9.95. The number of nitrogens with one attached hydrogen (secondary N) is 1. The Morgan fingerprint density at radius 3 is 2.73 bits per heavy atom. The highest BCUT2D eigenvalue weighted by atomic mass is 16.2. The van der Waals surface area contributed by atoms with Gasteiger partial charge < -0.3 is 10.2 Å². The lowest BCUT2D eigenvalue weighted by Crippen LogP contribution is -2.35. The zero-order valence-electron chi connectivity index (χ0n) is 15.3. The van der Waals surface area contributed by atoms with Gasteiger partial charge in [-0.25, -0.2) is 0 Å². The van der Waals surface area contributed by atoms with E-state index in [4.69, 9.17) is 0 Å². The molecule has 0 bridgehead atoms. The second-order valence-electron chi connectivity index (χ2n) is 7.46. The van der Waals surface area contributed by atoms with Gasteiger partial charge in [-0.1, -0.05) is 43.2 Å². The van der Waals surface area contributed by atoms with Crippen LogP contribution in [0.15, 0.2) is 42.6 Å². The number of benzene rings is 1. The molecule has 2 aliphatic rings. The fraction of sp³-hybridized carbons (Fsp3) is 0.524. The van der Waals surface area contributed by atoms with E-state index >= 15 is 0 Å². The molecule has 3 heterocycles. The molecule has 2 aliphatic heterocycles. The lowest BCUT2D eigenvalue weighted by Gasteiger charge is -2.30. The van der Waals surface area contributed by atoms with Gasteiger partial charge in [-0.05, 0) is 43.9 Å². The molecule has 1 N–H and O–H groups in total. The third-order valence-electron chi connectivity index (χ3n) is 5.67. The molecule has 26 heavy (non-hydrogen) atoms. The van der Waals surface area contributed by atoms with Gasteiger partial charge in [0.05, 0.1) is 12.1 Å². The average Bonchev–Trinajstić information content (AvgIpc) is 3.07. The van der Waals surface area contributed by atoms with E-state index in [-0.39, 0.29) is 11.9 Å². The van der Waals surface area contributed by atoms with Crippen molar-refractivity contribution in [3.05, 3.63) is 53.9 Å². The highest BCUT2D eigenvalue weighted by molar-refractivity contribution is 5.92. The van der Waals surface area contributed by atoms with Gasteiger partial charge in [0.25, 0.3) is 5.91 Å². The van der Waals surface area contributed by atoms with E-state index in [1.54, 1.807) is 0 Å². The van der Waals surface area contributed by atoms with Crippen LogP contribution in [0.3, 0.4) is 0 Å². The van der Waals surface area contributed by atoms with Gasteiger partial charge in [0.15, 0.2) is 0 Å². The minimum atomic E-state index is 0.0725. The summed E-state index contributed by atoms with van der Waals surface area (Å²) >= 11 is 0. The van der Waals surface area contributed by atoms with Crippen molar-refractivity contribution in [3.8, 4) is 0 Å². The smallest absolute Gasteiger partial charge is 0.274 e. The molecular formula is C21H28N4O. The van der Waals surface area contributed by atoms with E-state index in [0.717, 1.165) is 45.3 Å². The first-order chi connectivity index (χ1) is 12.8. The van der Waals surface area contributed by atoms with Crippen LogP contribution < -0.4 is 5.32 Å². The van der Waals surface area contributed by atoms with Gasteiger partial charge in [0.2, 0.25) is 0 Å². The van der Waals surface area contributed by atoms with Crippen molar-refractivity contribution in [2.75, 3.05) is 19.6 Å². The van der Waals surface area contributed by atoms with Gasteiger partial charge in [-0.2, -0.15) is 5.10 Å². The highest BCUT2D eigenvalue weighted by Crippen LogP contribution is 2.31. The van der Waals surface area contributed by atoms with Crippen LogP contribution >= 0.6 is 0 Å². The first kappa shape index (κ1) is 17.3. The zero-order valence-corrected chi connectivity index (χ0v) is 15.3. The standard InChI is InChI=1S/C21H28N4O/c26-21(19-12-15-25(23-19)18-10-7-13-22-16-18)24-14-6-2-5-11-20(24)17-8-3-1-4-9-17/h1,3-4,8-9,12,15,18,20,22H,2,5-7,10-11,13-14,16H2. The van der Waals surface area contributed by atoms with Crippen molar-refractivity contribution in [3.63, 3.8) is 0 Å². The average molecular weight is 352 g/mol. The van der Waals surface area contributed by atoms with Crippen LogP contribution in [0, 0.1) is 0 Å². The summed E-state index contributed by atoms with van der Waals surface area (Å²) in [6.07, 6.45) is 8.72. The minimum Gasteiger partial charge on any atom is -0.330 e. The Hall–Kier alpha value is -2.14. The van der Waals surface area contributed by atoms with Crippen LogP contribution in [0.25, 0.3) is 0 Å². The van der Waals surface area contributed by atoms with Crippen molar-refractivity contribution in [1.82, 2.24) is 20.0 Å². The lowest BCUT2D eigenvalue weighted by molar-refractivity contribution is 0.0673. The Balaban J connectivity index is 1.55. The molecule has 0 saturated carbocycles. The quantitative estimate of drug-likeness (QED) is 0.919. The van der Waals surface area contributed by atoms with Gasteiger partial charge in [0, 0.05) is 19.3 Å². The number of piperidine rings is 1. The molecule has 2 fully saturated rings. The molecule has 0 aliphatic carbocycles. The maximum Gasteiger partial charge on any atom is 0.274 e. The van der Waals surface area contributed by atoms with Crippen LogP contribution in [0.2, 0.25) is 0 Å². The highest BCUT2D eigenvalue weighted by Gasteiger charge is 2.29. The van der Waals surface area contributed by atoms with Crippen LogP contribution in [0.5, 0.6) is 0 Å². The Bertz CT molecular complexity index is 721. The fourth-order valence-electron chi connectivity index (χ4n) is 4.23. The van der Waals surface area contributed by atoms with E-state index < -0.39 is 0 Å². The molecule has 1 aromatic carbocycles. The van der Waals surface area contributed by atoms with Crippen LogP contribution in [-0.4, -0.2) is 40.2 Å². The monoisotopic (exact) mass is 352 g/mol. The molecule has 4 rings (SSSR count). The Morgan fingerprint density at radius 2 is 1.92 bits per heavy atom. The molecule has 0 spiro atoms. The van der Waals surface area contributed by atoms with Crippen LogP contribution in [0.1, 0.15) is 66.7 Å². The number of hydrogen-bond donors (Lipinski definition) is 1. The Morgan fingerprint density at radius 1 is 1.04 bits per heavy atom. The van der Waals surface area contributed by atoms with Gasteiger partial charge in [-0.15, -0.1) is 0 Å². The van der Waals surface area contributed by atoms with Crippen molar-refractivity contribution < 1.29 is 4.79 Å². The molecule has 5 heteroatoms. The molecule has 2 saturated heterocycles. The summed E-state index contributed by atoms with van der Waals surface area (Å²) in [7, 11) is 0. The molecule has 1 amide bonds. The molecule has 2 unspecified atom stereocenters. The molecule has 2 aromatic rings. The van der Waals surface area contributed by atoms with E-state index in [1.807, 2.05) is 27.9 Å². The summed E-state index contributed by atoms with van der Waals surface area (Å²) in [5.74, 6) is 0.0725. The van der Waals surface area contributed by atoms with E-state index in [2.05, 4.69) is 34.7 Å². The largest absolute Gasteiger partial charge is 0.330 e. The Kier molecular flexibility index (Phi) is 5.34. The van der Waals surface area contributed by atoms with Crippen molar-refractivity contribution in [1.29, 1.82) is 0 Å². The molecule has 5 nitrogen and oxygen atoms in total. The molecule has 138 valence electrons. The normalized spacial score (nSPS) is 24.2. The molecular weight excluding hydrogens is 324 g/mol. The summed E-state index contributed by atoms with van der Waals surface area (Å²) in [5, 5.41) is 8.07. The van der Waals surface area contributed by atoms with Crippen LogP contribution in [0.4, 0.5) is 0 Å². The number of likely N-dealkylation sites (tertiary alicyclic amines) is 1. The number of aromatic nitrogens is 2. The number of carbonyl (C=O) groups excluding carboxylic acids is 1. The maximum absolute atomic E-state index is 13.3. The van der Waals surface area contributed by atoms with Crippen molar-refractivity contribution >= 4 is 5.91 Å². The van der Waals surface area contributed by atoms with E-state index in [0.29, 0.717) is 11.7 Å². The number of rotatable bonds is 3. The second-order valence-corrected chi connectivity index (χ2v) is 7.46. The van der Waals surface area contributed by atoms with E-state index in [9.17, 15) is 4.79 Å². The van der Waals surface area contributed by atoms with Crippen molar-refractivity contribution in [2.24, 2.45) is 0 Å². The number of carbonyl (C=O) groups is 1. The number of nitrogens with zero attached hydrogens (tertiary/aromatic N) is 3. The fourth-order valence-corrected chi connectivity index (χ4v) is 4.23.